The molecule has 0 aromatic heterocycles. The molecule has 6 nitrogen and oxygen atoms in total. The molecule has 0 spiro atoms. The molecule has 0 unspecified atom stereocenters. The van der Waals surface area contributed by atoms with Crippen LogP contribution in [0.15, 0.2) is 66.7 Å². The Morgan fingerprint density at radius 3 is 2.14 bits per heavy atom. The Labute approximate surface area is 167 Å². The first-order valence-corrected chi connectivity index (χ1v) is 9.12. The van der Waals surface area contributed by atoms with E-state index in [9.17, 15) is 14.7 Å². The van der Waals surface area contributed by atoms with Crippen LogP contribution in [0.25, 0.3) is 11.1 Å². The molecule has 146 valence electrons. The van der Waals surface area contributed by atoms with Gasteiger partial charge in [-0.1, -0.05) is 54.6 Å². The molecule has 0 atom stereocenters. The number of methoxy groups -OCH3 is 1. The number of nitrogens with one attached hydrogen (secondary N) is 1. The number of carboxylic acids is 1. The van der Waals surface area contributed by atoms with E-state index in [1.807, 2.05) is 36.4 Å². The quantitative estimate of drug-likeness (QED) is 0.658. The number of carboxylic acid groups (broad SMARTS) is 1. The fourth-order valence-electron chi connectivity index (χ4n) is 3.77. The van der Waals surface area contributed by atoms with Gasteiger partial charge in [0.05, 0.1) is 12.8 Å². The summed E-state index contributed by atoms with van der Waals surface area (Å²) >= 11 is 0. The standard InChI is InChI=1S/C23H19NO5/c1-28-20-12-6-11-19(21(20)22(25)26)24-23(27)29-13-18-16-9-4-2-7-14(16)15-8-3-5-10-17(15)18/h2-12,18H,13H2,1H3,(H,24,27)(H,25,26). The minimum atomic E-state index is -1.20. The number of fused-ring (bicyclic) bond motifs is 3. The lowest BCUT2D eigenvalue weighted by Crippen LogP contribution is -2.19. The Bertz CT molecular complexity index is 1050. The second-order valence-corrected chi connectivity index (χ2v) is 6.64. The monoisotopic (exact) mass is 389 g/mol. The van der Waals surface area contributed by atoms with Crippen molar-refractivity contribution in [3.63, 3.8) is 0 Å². The second-order valence-electron chi connectivity index (χ2n) is 6.64. The molecule has 0 aliphatic heterocycles. The highest BCUT2D eigenvalue weighted by Gasteiger charge is 2.29. The van der Waals surface area contributed by atoms with Gasteiger partial charge in [-0.3, -0.25) is 5.32 Å². The van der Waals surface area contributed by atoms with Gasteiger partial charge in [0.25, 0.3) is 0 Å². The van der Waals surface area contributed by atoms with Gasteiger partial charge in [-0.15, -0.1) is 0 Å². The van der Waals surface area contributed by atoms with Gasteiger partial charge in [-0.25, -0.2) is 9.59 Å². The number of ether oxygens (including phenoxy) is 2. The number of hydrogen-bond donors (Lipinski definition) is 2. The van der Waals surface area contributed by atoms with Gasteiger partial charge in [-0.2, -0.15) is 0 Å². The molecule has 0 bridgehead atoms. The molecule has 0 fully saturated rings. The van der Waals surface area contributed by atoms with Crippen molar-refractivity contribution in [2.75, 3.05) is 19.0 Å². The highest BCUT2D eigenvalue weighted by Crippen LogP contribution is 2.44. The van der Waals surface area contributed by atoms with E-state index in [4.69, 9.17) is 9.47 Å². The normalized spacial score (nSPS) is 12.0. The molecule has 1 aliphatic carbocycles. The molecule has 3 aromatic rings. The first kappa shape index (κ1) is 18.6. The molecular formula is C23H19NO5. The molecule has 0 heterocycles. The average molecular weight is 389 g/mol. The van der Waals surface area contributed by atoms with Gasteiger partial charge >= 0.3 is 12.1 Å². The van der Waals surface area contributed by atoms with Crippen LogP contribution in [-0.4, -0.2) is 30.9 Å². The van der Waals surface area contributed by atoms with Crippen LogP contribution < -0.4 is 10.1 Å². The molecule has 4 rings (SSSR count). The van der Waals surface area contributed by atoms with Crippen LogP contribution in [-0.2, 0) is 4.74 Å². The third-order valence-corrected chi connectivity index (χ3v) is 5.04. The summed E-state index contributed by atoms with van der Waals surface area (Å²) in [5.41, 5.74) is 4.48. The largest absolute Gasteiger partial charge is 0.496 e. The smallest absolute Gasteiger partial charge is 0.411 e. The minimum absolute atomic E-state index is 0.0718. The molecule has 3 aromatic carbocycles. The predicted molar refractivity (Wildman–Crippen MR) is 109 cm³/mol. The number of carbonyl (C=O) groups excluding carboxylic acids is 1. The molecule has 1 aliphatic rings. The van der Waals surface area contributed by atoms with Crippen LogP contribution in [0.1, 0.15) is 27.4 Å². The summed E-state index contributed by atoms with van der Waals surface area (Å²) in [5, 5.41) is 12.0. The number of amides is 1. The van der Waals surface area contributed by atoms with E-state index >= 15 is 0 Å². The second kappa shape index (κ2) is 7.67. The van der Waals surface area contributed by atoms with E-state index in [2.05, 4.69) is 17.4 Å². The maximum absolute atomic E-state index is 12.4. The Kier molecular flexibility index (Phi) is 4.91. The third-order valence-electron chi connectivity index (χ3n) is 5.04. The SMILES string of the molecule is COc1cccc(NC(=O)OCC2c3ccccc3-c3ccccc32)c1C(=O)O. The van der Waals surface area contributed by atoms with Crippen molar-refractivity contribution in [2.24, 2.45) is 0 Å². The van der Waals surface area contributed by atoms with Gasteiger partial charge in [0.1, 0.15) is 17.9 Å². The van der Waals surface area contributed by atoms with Crippen molar-refractivity contribution in [1.82, 2.24) is 0 Å². The van der Waals surface area contributed by atoms with Crippen LogP contribution in [0.3, 0.4) is 0 Å². The summed E-state index contributed by atoms with van der Waals surface area (Å²) in [4.78, 5) is 24.0. The zero-order chi connectivity index (χ0) is 20.4. The van der Waals surface area contributed by atoms with Gasteiger partial charge in [0.15, 0.2) is 0 Å². The lowest BCUT2D eigenvalue weighted by molar-refractivity contribution is 0.0694. The summed E-state index contributed by atoms with van der Waals surface area (Å²) in [7, 11) is 1.37. The predicted octanol–water partition coefficient (Wildman–Crippen LogP) is 4.75. The van der Waals surface area contributed by atoms with Gasteiger partial charge in [0, 0.05) is 5.92 Å². The highest BCUT2D eigenvalue weighted by molar-refractivity contribution is 6.01. The van der Waals surface area contributed by atoms with Gasteiger partial charge in [-0.05, 0) is 34.4 Å². The van der Waals surface area contributed by atoms with E-state index in [1.165, 1.54) is 19.2 Å². The van der Waals surface area contributed by atoms with Crippen molar-refractivity contribution < 1.29 is 24.2 Å². The van der Waals surface area contributed by atoms with E-state index in [-0.39, 0.29) is 29.5 Å². The van der Waals surface area contributed by atoms with Crippen molar-refractivity contribution in [1.29, 1.82) is 0 Å². The fraction of sp³-hybridized carbons (Fsp3) is 0.130. The van der Waals surface area contributed by atoms with E-state index in [0.29, 0.717) is 0 Å². The summed E-state index contributed by atoms with van der Waals surface area (Å²) in [6, 6.07) is 20.7. The molecule has 0 saturated heterocycles. The molecular weight excluding hydrogens is 370 g/mol. The van der Waals surface area contributed by atoms with Crippen LogP contribution in [0.4, 0.5) is 10.5 Å². The van der Waals surface area contributed by atoms with Crippen LogP contribution in [0, 0.1) is 0 Å². The Hall–Kier alpha value is -3.80. The topological polar surface area (TPSA) is 84.9 Å². The number of benzene rings is 3. The van der Waals surface area contributed by atoms with Crippen LogP contribution in [0.5, 0.6) is 5.75 Å². The number of anilines is 1. The molecule has 2 N–H and O–H groups in total. The molecule has 6 heteroatoms. The zero-order valence-corrected chi connectivity index (χ0v) is 15.7. The van der Waals surface area contributed by atoms with Crippen molar-refractivity contribution in [3.8, 4) is 16.9 Å². The first-order valence-electron chi connectivity index (χ1n) is 9.12. The van der Waals surface area contributed by atoms with E-state index in [0.717, 1.165) is 22.3 Å². The van der Waals surface area contributed by atoms with Gasteiger partial charge in [0.2, 0.25) is 0 Å². The lowest BCUT2D eigenvalue weighted by Gasteiger charge is -2.15. The maximum Gasteiger partial charge on any atom is 0.411 e. The summed E-state index contributed by atoms with van der Waals surface area (Å²) in [6.07, 6.45) is -0.720. The van der Waals surface area contributed by atoms with E-state index < -0.39 is 12.1 Å². The molecule has 0 saturated carbocycles. The third kappa shape index (κ3) is 3.40. The summed E-state index contributed by atoms with van der Waals surface area (Å²) in [6.45, 7) is 0.145. The lowest BCUT2D eigenvalue weighted by atomic mass is 9.98. The Morgan fingerprint density at radius 1 is 0.931 bits per heavy atom. The van der Waals surface area contributed by atoms with Crippen LogP contribution >= 0.6 is 0 Å². The first-order chi connectivity index (χ1) is 14.1. The molecule has 29 heavy (non-hydrogen) atoms. The Morgan fingerprint density at radius 2 is 1.55 bits per heavy atom. The van der Waals surface area contributed by atoms with Crippen molar-refractivity contribution in [3.05, 3.63) is 83.4 Å². The minimum Gasteiger partial charge on any atom is -0.496 e. The number of hydrogen-bond acceptors (Lipinski definition) is 4. The molecule has 1 amide bonds. The average Bonchev–Trinajstić information content (AvgIpc) is 3.05. The summed E-state index contributed by atoms with van der Waals surface area (Å²) in [5.74, 6) is -1.11. The number of rotatable bonds is 5. The highest BCUT2D eigenvalue weighted by atomic mass is 16.5. The zero-order valence-electron chi connectivity index (χ0n) is 15.7. The van der Waals surface area contributed by atoms with Crippen LogP contribution in [0.2, 0.25) is 0 Å². The molecule has 0 radical (unpaired) electrons. The van der Waals surface area contributed by atoms with E-state index in [1.54, 1.807) is 6.07 Å². The van der Waals surface area contributed by atoms with Crippen molar-refractivity contribution >= 4 is 17.7 Å². The summed E-state index contributed by atoms with van der Waals surface area (Å²) < 4.78 is 10.5. The maximum atomic E-state index is 12.4. The fourth-order valence-corrected chi connectivity index (χ4v) is 3.77. The number of aromatic carboxylic acids is 1. The van der Waals surface area contributed by atoms with Crippen molar-refractivity contribution in [2.45, 2.75) is 5.92 Å². The Balaban J connectivity index is 1.52. The number of carbonyl (C=O) groups is 2. The van der Waals surface area contributed by atoms with Gasteiger partial charge < -0.3 is 14.6 Å².